The molecule has 0 aromatic heterocycles. The van der Waals surface area contributed by atoms with E-state index in [4.69, 9.17) is 16.3 Å². The Morgan fingerprint density at radius 3 is 2.48 bits per heavy atom. The molecule has 5 nitrogen and oxygen atoms in total. The van der Waals surface area contributed by atoms with Gasteiger partial charge in [0.15, 0.2) is 6.61 Å². The molecular formula is C24H30BrClN2O3. The zero-order valence-electron chi connectivity index (χ0n) is 18.5. The molecule has 7 heteroatoms. The van der Waals surface area contributed by atoms with Gasteiger partial charge in [0.1, 0.15) is 11.8 Å². The summed E-state index contributed by atoms with van der Waals surface area (Å²) in [7, 11) is 0. The molecule has 0 saturated carbocycles. The molecule has 2 aromatic rings. The number of nitrogens with zero attached hydrogens (tertiary/aromatic N) is 1. The van der Waals surface area contributed by atoms with Crippen LogP contribution >= 0.6 is 27.5 Å². The van der Waals surface area contributed by atoms with Crippen molar-refractivity contribution in [3.05, 3.63) is 63.1 Å². The first-order valence-corrected chi connectivity index (χ1v) is 11.7. The van der Waals surface area contributed by atoms with Gasteiger partial charge < -0.3 is 15.0 Å². The third kappa shape index (κ3) is 7.54. The topological polar surface area (TPSA) is 58.6 Å². The van der Waals surface area contributed by atoms with Crippen LogP contribution in [0.2, 0.25) is 5.02 Å². The fourth-order valence-corrected chi connectivity index (χ4v) is 3.74. The van der Waals surface area contributed by atoms with Gasteiger partial charge in [0.25, 0.3) is 5.91 Å². The maximum absolute atomic E-state index is 13.1. The minimum atomic E-state index is -0.657. The highest BCUT2D eigenvalue weighted by Crippen LogP contribution is 2.26. The van der Waals surface area contributed by atoms with Crippen LogP contribution in [-0.2, 0) is 22.6 Å². The standard InChI is InChI=1S/C24H30BrClN2O3/c1-5-16(3)27-24(30)17(4)28(14-19-8-7-9-20(26)12-19)23(29)15-31-22-11-10-18(6-2)13-21(22)25/h7-13,16-17H,5-6,14-15H2,1-4H3,(H,27,30)/t16-,17+/m1/s1. The van der Waals surface area contributed by atoms with Gasteiger partial charge in [-0.1, -0.05) is 43.6 Å². The Labute approximate surface area is 198 Å². The maximum Gasteiger partial charge on any atom is 0.261 e. The van der Waals surface area contributed by atoms with Crippen molar-refractivity contribution in [3.8, 4) is 5.75 Å². The van der Waals surface area contributed by atoms with Gasteiger partial charge in [0.05, 0.1) is 4.47 Å². The van der Waals surface area contributed by atoms with Gasteiger partial charge in [-0.05, 0) is 78.0 Å². The van der Waals surface area contributed by atoms with Crippen LogP contribution in [0.5, 0.6) is 5.75 Å². The number of aryl methyl sites for hydroxylation is 1. The summed E-state index contributed by atoms with van der Waals surface area (Å²) in [6, 6.07) is 12.4. The van der Waals surface area contributed by atoms with Crippen molar-refractivity contribution in [3.63, 3.8) is 0 Å². The Kier molecular flexibility index (Phi) is 9.85. The van der Waals surface area contributed by atoms with Crippen LogP contribution in [0.3, 0.4) is 0 Å². The number of halogens is 2. The number of amides is 2. The van der Waals surface area contributed by atoms with Crippen LogP contribution in [0, 0.1) is 0 Å². The van der Waals surface area contributed by atoms with Gasteiger partial charge in [-0.25, -0.2) is 0 Å². The highest BCUT2D eigenvalue weighted by Gasteiger charge is 2.27. The van der Waals surface area contributed by atoms with Crippen molar-refractivity contribution in [2.75, 3.05) is 6.61 Å². The van der Waals surface area contributed by atoms with Crippen LogP contribution < -0.4 is 10.1 Å². The number of nitrogens with one attached hydrogen (secondary N) is 1. The molecule has 0 aliphatic carbocycles. The van der Waals surface area contributed by atoms with E-state index in [9.17, 15) is 9.59 Å². The van der Waals surface area contributed by atoms with Crippen LogP contribution in [0.4, 0.5) is 0 Å². The predicted molar refractivity (Wildman–Crippen MR) is 128 cm³/mol. The molecule has 0 fully saturated rings. The van der Waals surface area contributed by atoms with Gasteiger partial charge in [-0.15, -0.1) is 0 Å². The summed E-state index contributed by atoms with van der Waals surface area (Å²) in [5.41, 5.74) is 2.01. The number of carbonyl (C=O) groups is 2. The summed E-state index contributed by atoms with van der Waals surface area (Å²) < 4.78 is 6.57. The van der Waals surface area contributed by atoms with Crippen molar-refractivity contribution in [2.24, 2.45) is 0 Å². The van der Waals surface area contributed by atoms with Crippen molar-refractivity contribution in [1.82, 2.24) is 10.2 Å². The summed E-state index contributed by atoms with van der Waals surface area (Å²) >= 11 is 9.60. The Morgan fingerprint density at radius 2 is 1.87 bits per heavy atom. The monoisotopic (exact) mass is 508 g/mol. The molecule has 0 aliphatic rings. The summed E-state index contributed by atoms with van der Waals surface area (Å²) in [6.07, 6.45) is 1.72. The lowest BCUT2D eigenvalue weighted by molar-refractivity contribution is -0.142. The summed E-state index contributed by atoms with van der Waals surface area (Å²) in [5, 5.41) is 3.53. The van der Waals surface area contributed by atoms with Crippen molar-refractivity contribution < 1.29 is 14.3 Å². The Balaban J connectivity index is 2.17. The van der Waals surface area contributed by atoms with Gasteiger partial charge in [0.2, 0.25) is 5.91 Å². The van der Waals surface area contributed by atoms with Crippen LogP contribution in [0.15, 0.2) is 46.9 Å². The second kappa shape index (κ2) is 12.1. The van der Waals surface area contributed by atoms with E-state index in [1.165, 1.54) is 10.5 Å². The number of carbonyl (C=O) groups excluding carboxylic acids is 2. The molecule has 2 aromatic carbocycles. The number of rotatable bonds is 10. The first-order valence-electron chi connectivity index (χ1n) is 10.5. The van der Waals surface area contributed by atoms with E-state index in [0.29, 0.717) is 10.8 Å². The van der Waals surface area contributed by atoms with Gasteiger partial charge in [-0.3, -0.25) is 9.59 Å². The third-order valence-corrected chi connectivity index (χ3v) is 6.02. The van der Waals surface area contributed by atoms with E-state index in [1.807, 2.05) is 44.2 Å². The molecule has 0 radical (unpaired) electrons. The van der Waals surface area contributed by atoms with Gasteiger partial charge in [0, 0.05) is 17.6 Å². The fourth-order valence-electron chi connectivity index (χ4n) is 2.98. The lowest BCUT2D eigenvalue weighted by Crippen LogP contribution is -2.50. The number of benzene rings is 2. The third-order valence-electron chi connectivity index (χ3n) is 5.17. The number of hydrogen-bond donors (Lipinski definition) is 1. The molecule has 0 bridgehead atoms. The zero-order chi connectivity index (χ0) is 23.0. The van der Waals surface area contributed by atoms with Crippen LogP contribution in [0.1, 0.15) is 45.2 Å². The first kappa shape index (κ1) is 25.2. The molecule has 2 rings (SSSR count). The van der Waals surface area contributed by atoms with E-state index >= 15 is 0 Å². The second-order valence-corrected chi connectivity index (χ2v) is 8.84. The second-order valence-electron chi connectivity index (χ2n) is 7.55. The zero-order valence-corrected chi connectivity index (χ0v) is 20.8. The van der Waals surface area contributed by atoms with E-state index in [1.54, 1.807) is 19.1 Å². The largest absolute Gasteiger partial charge is 0.483 e. The highest BCUT2D eigenvalue weighted by atomic mass is 79.9. The molecule has 1 N–H and O–H groups in total. The predicted octanol–water partition coefficient (Wildman–Crippen LogP) is 5.38. The summed E-state index contributed by atoms with van der Waals surface area (Å²) in [6.45, 7) is 7.82. The SMILES string of the molecule is CCc1ccc(OCC(=O)N(Cc2cccc(Cl)c2)[C@@H](C)C(=O)N[C@H](C)CC)c(Br)c1. The van der Waals surface area contributed by atoms with Crippen LogP contribution in [0.25, 0.3) is 0 Å². The Morgan fingerprint density at radius 1 is 1.13 bits per heavy atom. The van der Waals surface area contributed by atoms with E-state index < -0.39 is 6.04 Å². The molecule has 0 heterocycles. The molecule has 2 amide bonds. The minimum Gasteiger partial charge on any atom is -0.483 e. The molecular weight excluding hydrogens is 480 g/mol. The van der Waals surface area contributed by atoms with Gasteiger partial charge in [-0.2, -0.15) is 0 Å². The van der Waals surface area contributed by atoms with E-state index in [-0.39, 0.29) is 31.0 Å². The summed E-state index contributed by atoms with van der Waals surface area (Å²) in [4.78, 5) is 27.4. The Bertz CT molecular complexity index is 906. The Hall–Kier alpha value is -2.05. The minimum absolute atomic E-state index is 0.0300. The number of hydrogen-bond acceptors (Lipinski definition) is 3. The van der Waals surface area contributed by atoms with Crippen molar-refractivity contribution in [1.29, 1.82) is 0 Å². The average Bonchev–Trinajstić information content (AvgIpc) is 2.75. The molecule has 168 valence electrons. The molecule has 2 atom stereocenters. The smallest absolute Gasteiger partial charge is 0.261 e. The number of ether oxygens (including phenoxy) is 1. The highest BCUT2D eigenvalue weighted by molar-refractivity contribution is 9.10. The lowest BCUT2D eigenvalue weighted by Gasteiger charge is -2.29. The fraction of sp³-hybridized carbons (Fsp3) is 0.417. The lowest BCUT2D eigenvalue weighted by atomic mass is 10.1. The molecule has 0 aliphatic heterocycles. The summed E-state index contributed by atoms with van der Waals surface area (Å²) in [5.74, 6) is 0.112. The van der Waals surface area contributed by atoms with Crippen molar-refractivity contribution >= 4 is 39.3 Å². The quantitative estimate of drug-likeness (QED) is 0.468. The van der Waals surface area contributed by atoms with E-state index in [2.05, 4.69) is 28.2 Å². The van der Waals surface area contributed by atoms with E-state index in [0.717, 1.165) is 22.9 Å². The molecule has 31 heavy (non-hydrogen) atoms. The van der Waals surface area contributed by atoms with Gasteiger partial charge >= 0.3 is 0 Å². The molecule has 0 saturated heterocycles. The van der Waals surface area contributed by atoms with Crippen molar-refractivity contribution in [2.45, 2.75) is 59.2 Å². The van der Waals surface area contributed by atoms with Crippen LogP contribution in [-0.4, -0.2) is 35.4 Å². The maximum atomic E-state index is 13.1. The molecule has 0 unspecified atom stereocenters. The first-order chi connectivity index (χ1) is 14.7. The normalized spacial score (nSPS) is 12.7. The average molecular weight is 510 g/mol. The molecule has 0 spiro atoms.